The van der Waals surface area contributed by atoms with E-state index in [4.69, 9.17) is 11.6 Å². The van der Waals surface area contributed by atoms with Crippen LogP contribution in [0.3, 0.4) is 0 Å². The molecule has 0 aliphatic heterocycles. The Bertz CT molecular complexity index is 391. The molecule has 0 saturated heterocycles. The summed E-state index contributed by atoms with van der Waals surface area (Å²) >= 11 is 5.55. The molecule has 0 spiro atoms. The summed E-state index contributed by atoms with van der Waals surface area (Å²) in [7, 11) is 1.37. The summed E-state index contributed by atoms with van der Waals surface area (Å²) < 4.78 is 0.926. The van der Waals surface area contributed by atoms with Crippen molar-refractivity contribution in [2.45, 2.75) is 6.92 Å². The van der Waals surface area contributed by atoms with Crippen LogP contribution in [0.5, 0.6) is 0 Å². The normalized spacial score (nSPS) is 10.1. The number of halogens is 1. The molecule has 0 unspecified atom stereocenters. The van der Waals surface area contributed by atoms with Crippen molar-refractivity contribution >= 4 is 11.6 Å². The fourth-order valence-corrected chi connectivity index (χ4v) is 0.873. The molecule has 0 radical (unpaired) electrons. The fraction of sp³-hybridized carbons (Fsp3) is 0.333. The van der Waals surface area contributed by atoms with Crippen LogP contribution in [0, 0.1) is 6.92 Å². The molecule has 0 saturated carbocycles. The lowest BCUT2D eigenvalue weighted by atomic mass is 10.4. The van der Waals surface area contributed by atoms with Gasteiger partial charge in [-0.1, -0.05) is 11.6 Å². The minimum atomic E-state index is -0.465. The minimum absolute atomic E-state index is 0.0621. The van der Waals surface area contributed by atoms with E-state index in [1.807, 2.05) is 0 Å². The number of hydrogen-bond donors (Lipinski definition) is 1. The first-order valence-electron chi connectivity index (χ1n) is 2.99. The van der Waals surface area contributed by atoms with Crippen LogP contribution in [0.1, 0.15) is 5.69 Å². The second-order valence-electron chi connectivity index (χ2n) is 2.23. The summed E-state index contributed by atoms with van der Waals surface area (Å²) in [6.07, 6.45) is 0. The highest BCUT2D eigenvalue weighted by Crippen LogP contribution is 2.01. The van der Waals surface area contributed by atoms with E-state index in [9.17, 15) is 9.59 Å². The first-order chi connectivity index (χ1) is 5.04. The Balaban J connectivity index is 3.74. The van der Waals surface area contributed by atoms with Crippen molar-refractivity contribution in [3.8, 4) is 0 Å². The van der Waals surface area contributed by atoms with Gasteiger partial charge in [-0.05, 0) is 6.92 Å². The summed E-state index contributed by atoms with van der Waals surface area (Å²) in [6, 6.07) is 0. The molecule has 0 bridgehead atoms. The lowest BCUT2D eigenvalue weighted by molar-refractivity contribution is 0.766. The maximum absolute atomic E-state index is 11.0. The van der Waals surface area contributed by atoms with Gasteiger partial charge in [0, 0.05) is 12.7 Å². The highest BCUT2D eigenvalue weighted by atomic mass is 35.5. The number of aryl methyl sites for hydroxylation is 1. The molecule has 0 amide bonds. The summed E-state index contributed by atoms with van der Waals surface area (Å²) in [5.74, 6) is 0. The second kappa shape index (κ2) is 2.54. The van der Waals surface area contributed by atoms with Gasteiger partial charge in [-0.2, -0.15) is 0 Å². The van der Waals surface area contributed by atoms with Gasteiger partial charge >= 0.3 is 5.69 Å². The van der Waals surface area contributed by atoms with Gasteiger partial charge in [0.15, 0.2) is 0 Å². The summed E-state index contributed by atoms with van der Waals surface area (Å²) in [5, 5.41) is 0.0621. The smallest absolute Gasteiger partial charge is 0.310 e. The van der Waals surface area contributed by atoms with Crippen LogP contribution in [0.2, 0.25) is 5.02 Å². The van der Waals surface area contributed by atoms with Gasteiger partial charge < -0.3 is 4.98 Å². The number of hydrogen-bond acceptors (Lipinski definition) is 2. The van der Waals surface area contributed by atoms with Crippen molar-refractivity contribution < 1.29 is 0 Å². The van der Waals surface area contributed by atoms with E-state index in [1.54, 1.807) is 6.92 Å². The maximum atomic E-state index is 11.0. The number of nitrogens with one attached hydrogen (secondary N) is 1. The lowest BCUT2D eigenvalue weighted by Crippen LogP contribution is -2.33. The third-order valence-electron chi connectivity index (χ3n) is 1.42. The van der Waals surface area contributed by atoms with E-state index in [1.165, 1.54) is 7.05 Å². The second-order valence-corrected chi connectivity index (χ2v) is 2.61. The van der Waals surface area contributed by atoms with Gasteiger partial charge in [0.25, 0.3) is 5.56 Å². The largest absolute Gasteiger partial charge is 0.328 e. The first-order valence-corrected chi connectivity index (χ1v) is 3.37. The van der Waals surface area contributed by atoms with E-state index in [-0.39, 0.29) is 5.02 Å². The molecule has 0 fully saturated rings. The predicted molar refractivity (Wildman–Crippen MR) is 42.1 cm³/mol. The number of rotatable bonds is 0. The Kier molecular flexibility index (Phi) is 1.87. The monoisotopic (exact) mass is 174 g/mol. The number of nitrogens with zero attached hydrogens (tertiary/aromatic N) is 1. The van der Waals surface area contributed by atoms with Gasteiger partial charge in [0.05, 0.1) is 0 Å². The quantitative estimate of drug-likeness (QED) is 0.604. The number of aromatic amines is 1. The van der Waals surface area contributed by atoms with Crippen molar-refractivity contribution in [1.29, 1.82) is 0 Å². The average molecular weight is 175 g/mol. The van der Waals surface area contributed by atoms with E-state index >= 15 is 0 Å². The number of aromatic nitrogens is 2. The highest BCUT2D eigenvalue weighted by molar-refractivity contribution is 6.30. The van der Waals surface area contributed by atoms with Crippen LogP contribution in [0.4, 0.5) is 0 Å². The lowest BCUT2D eigenvalue weighted by Gasteiger charge is -1.98. The zero-order valence-electron chi connectivity index (χ0n) is 6.14. The third kappa shape index (κ3) is 1.21. The molecule has 60 valence electrons. The Hall–Kier alpha value is -1.03. The minimum Gasteiger partial charge on any atom is -0.310 e. The van der Waals surface area contributed by atoms with Crippen molar-refractivity contribution in [3.63, 3.8) is 0 Å². The third-order valence-corrected chi connectivity index (χ3v) is 1.87. The molecule has 0 aromatic carbocycles. The predicted octanol–water partition coefficient (Wildman–Crippen LogP) is 0.0354. The van der Waals surface area contributed by atoms with Gasteiger partial charge in [-0.15, -0.1) is 0 Å². The average Bonchev–Trinajstić information content (AvgIpc) is 1.97. The molecular formula is C6H7ClN2O2. The molecule has 0 aliphatic rings. The van der Waals surface area contributed by atoms with Crippen molar-refractivity contribution in [2.24, 2.45) is 7.05 Å². The molecule has 1 aromatic rings. The Labute approximate surface area is 67.4 Å². The molecule has 1 N–H and O–H groups in total. The van der Waals surface area contributed by atoms with Crippen molar-refractivity contribution in [2.75, 3.05) is 0 Å². The van der Waals surface area contributed by atoms with Crippen LogP contribution in [0.15, 0.2) is 9.59 Å². The summed E-state index contributed by atoms with van der Waals surface area (Å²) in [4.78, 5) is 24.3. The van der Waals surface area contributed by atoms with E-state index in [2.05, 4.69) is 4.98 Å². The Morgan fingerprint density at radius 3 is 2.55 bits per heavy atom. The zero-order chi connectivity index (χ0) is 8.59. The SMILES string of the molecule is Cc1[nH]c(=O)n(C)c(=O)c1Cl. The van der Waals surface area contributed by atoms with E-state index in [0.29, 0.717) is 5.69 Å². The molecule has 5 heteroatoms. The molecule has 1 heterocycles. The van der Waals surface area contributed by atoms with Crippen LogP contribution in [0.25, 0.3) is 0 Å². The Morgan fingerprint density at radius 2 is 2.00 bits per heavy atom. The molecular weight excluding hydrogens is 168 g/mol. The molecule has 11 heavy (non-hydrogen) atoms. The Morgan fingerprint density at radius 1 is 1.45 bits per heavy atom. The highest BCUT2D eigenvalue weighted by Gasteiger charge is 2.04. The van der Waals surface area contributed by atoms with E-state index < -0.39 is 11.2 Å². The molecule has 1 rings (SSSR count). The molecule has 4 nitrogen and oxygen atoms in total. The fourth-order valence-electron chi connectivity index (χ4n) is 0.699. The standard InChI is InChI=1S/C6H7ClN2O2/c1-3-4(7)5(10)9(2)6(11)8-3/h1-2H3,(H,8,11). The van der Waals surface area contributed by atoms with Gasteiger partial charge in [0.1, 0.15) is 5.02 Å². The van der Waals surface area contributed by atoms with Crippen LogP contribution in [-0.2, 0) is 7.05 Å². The summed E-state index contributed by atoms with van der Waals surface area (Å²) in [5.41, 5.74) is -0.510. The number of H-pyrrole nitrogens is 1. The van der Waals surface area contributed by atoms with Crippen LogP contribution < -0.4 is 11.2 Å². The molecule has 0 aliphatic carbocycles. The zero-order valence-corrected chi connectivity index (χ0v) is 6.90. The van der Waals surface area contributed by atoms with Crippen LogP contribution >= 0.6 is 11.6 Å². The van der Waals surface area contributed by atoms with E-state index in [0.717, 1.165) is 4.57 Å². The first kappa shape index (κ1) is 8.07. The van der Waals surface area contributed by atoms with Gasteiger partial charge in [-0.3, -0.25) is 9.36 Å². The maximum Gasteiger partial charge on any atom is 0.328 e. The van der Waals surface area contributed by atoms with Crippen LogP contribution in [-0.4, -0.2) is 9.55 Å². The molecule has 1 aromatic heterocycles. The summed E-state index contributed by atoms with van der Waals surface area (Å²) in [6.45, 7) is 1.57. The van der Waals surface area contributed by atoms with Crippen molar-refractivity contribution in [1.82, 2.24) is 9.55 Å². The van der Waals surface area contributed by atoms with Gasteiger partial charge in [0.2, 0.25) is 0 Å². The topological polar surface area (TPSA) is 54.9 Å². The van der Waals surface area contributed by atoms with Crippen molar-refractivity contribution in [3.05, 3.63) is 31.6 Å². The van der Waals surface area contributed by atoms with Gasteiger partial charge in [-0.25, -0.2) is 4.79 Å². The molecule has 0 atom stereocenters.